The average molecular weight is 534 g/mol. The first kappa shape index (κ1) is 26.2. The Morgan fingerprint density at radius 1 is 0.946 bits per heavy atom. The summed E-state index contributed by atoms with van der Waals surface area (Å²) in [6.45, 7) is 1.70. The smallest absolute Gasteiger partial charge is 0.417 e. The Balaban J connectivity index is 1.26. The molecule has 0 atom stereocenters. The van der Waals surface area contributed by atoms with E-state index in [4.69, 9.17) is 16.3 Å². The highest BCUT2D eigenvalue weighted by Gasteiger charge is 2.36. The van der Waals surface area contributed by atoms with E-state index in [0.717, 1.165) is 6.07 Å². The number of carbonyl (C=O) groups excluding carboxylic acids is 2. The second-order valence-electron chi connectivity index (χ2n) is 8.16. The SMILES string of the molecule is O=C(NCCOc1ccc(Cl)cc1)c1ccc(N2CCN(C(=O)c3ccccc3C(F)(F)F)CC2)nn1. The van der Waals surface area contributed by atoms with Crippen LogP contribution in [0.4, 0.5) is 19.0 Å². The van der Waals surface area contributed by atoms with Crippen molar-refractivity contribution in [3.63, 3.8) is 0 Å². The molecule has 0 bridgehead atoms. The number of amides is 2. The van der Waals surface area contributed by atoms with Crippen LogP contribution in [0, 0.1) is 0 Å². The molecule has 3 aromatic rings. The van der Waals surface area contributed by atoms with Crippen molar-refractivity contribution >= 4 is 29.2 Å². The Morgan fingerprint density at radius 2 is 1.65 bits per heavy atom. The number of benzene rings is 2. The van der Waals surface area contributed by atoms with Gasteiger partial charge in [-0.15, -0.1) is 10.2 Å². The van der Waals surface area contributed by atoms with E-state index in [2.05, 4.69) is 15.5 Å². The predicted octanol–water partition coefficient (Wildman–Crippen LogP) is 3.92. The van der Waals surface area contributed by atoms with E-state index in [9.17, 15) is 22.8 Å². The number of nitrogens with zero attached hydrogens (tertiary/aromatic N) is 4. The van der Waals surface area contributed by atoms with Gasteiger partial charge in [0.25, 0.3) is 11.8 Å². The molecule has 0 unspecified atom stereocenters. The summed E-state index contributed by atoms with van der Waals surface area (Å²) in [7, 11) is 0. The van der Waals surface area contributed by atoms with Crippen molar-refractivity contribution in [3.8, 4) is 5.75 Å². The van der Waals surface area contributed by atoms with Gasteiger partial charge in [0, 0.05) is 31.2 Å². The minimum atomic E-state index is -4.61. The molecule has 2 heterocycles. The van der Waals surface area contributed by atoms with Crippen LogP contribution < -0.4 is 15.0 Å². The van der Waals surface area contributed by atoms with Gasteiger partial charge in [0.2, 0.25) is 0 Å². The van der Waals surface area contributed by atoms with Crippen LogP contribution >= 0.6 is 11.6 Å². The monoisotopic (exact) mass is 533 g/mol. The first-order valence-corrected chi connectivity index (χ1v) is 11.8. The maximum Gasteiger partial charge on any atom is 0.417 e. The summed E-state index contributed by atoms with van der Waals surface area (Å²) in [4.78, 5) is 28.3. The van der Waals surface area contributed by atoms with Gasteiger partial charge < -0.3 is 19.9 Å². The molecular weight excluding hydrogens is 511 g/mol. The Kier molecular flexibility index (Phi) is 8.12. The molecule has 4 rings (SSSR count). The number of hydrogen-bond donors (Lipinski definition) is 1. The van der Waals surface area contributed by atoms with Crippen LogP contribution in [-0.4, -0.2) is 66.2 Å². The van der Waals surface area contributed by atoms with Gasteiger partial charge >= 0.3 is 6.18 Å². The molecular formula is C25H23ClF3N5O3. The van der Waals surface area contributed by atoms with Crippen LogP contribution in [0.2, 0.25) is 5.02 Å². The second-order valence-corrected chi connectivity index (χ2v) is 8.59. The lowest BCUT2D eigenvalue weighted by Gasteiger charge is -2.35. The third kappa shape index (κ3) is 6.67. The van der Waals surface area contributed by atoms with Gasteiger partial charge in [-0.25, -0.2) is 0 Å². The van der Waals surface area contributed by atoms with E-state index in [1.54, 1.807) is 30.3 Å². The van der Waals surface area contributed by atoms with Gasteiger partial charge in [0.05, 0.1) is 17.7 Å². The average Bonchev–Trinajstić information content (AvgIpc) is 2.91. The zero-order valence-electron chi connectivity index (χ0n) is 19.5. The lowest BCUT2D eigenvalue weighted by Crippen LogP contribution is -2.49. The quantitative estimate of drug-likeness (QED) is 0.463. The maximum absolute atomic E-state index is 13.3. The number of piperazine rings is 1. The van der Waals surface area contributed by atoms with Crippen molar-refractivity contribution in [2.45, 2.75) is 6.18 Å². The minimum Gasteiger partial charge on any atom is -0.492 e. The topological polar surface area (TPSA) is 87.7 Å². The van der Waals surface area contributed by atoms with Crippen LogP contribution in [-0.2, 0) is 6.18 Å². The van der Waals surface area contributed by atoms with E-state index in [1.807, 2.05) is 4.90 Å². The standard InChI is InChI=1S/C25H23ClF3N5O3/c26-17-5-7-18(8-6-17)37-16-11-30-23(35)21-9-10-22(32-31-21)33-12-14-34(15-13-33)24(36)19-3-1-2-4-20(19)25(27,28)29/h1-10H,11-16H2,(H,30,35). The van der Waals surface area contributed by atoms with Crippen LogP contribution in [0.25, 0.3) is 0 Å². The van der Waals surface area contributed by atoms with E-state index in [1.165, 1.54) is 29.2 Å². The lowest BCUT2D eigenvalue weighted by atomic mass is 10.1. The molecule has 0 aliphatic carbocycles. The Hall–Kier alpha value is -3.86. The van der Waals surface area contributed by atoms with Gasteiger partial charge in [0.1, 0.15) is 12.4 Å². The number of nitrogens with one attached hydrogen (secondary N) is 1. The molecule has 0 spiro atoms. The van der Waals surface area contributed by atoms with Crippen molar-refractivity contribution in [2.24, 2.45) is 0 Å². The maximum atomic E-state index is 13.3. The summed E-state index contributed by atoms with van der Waals surface area (Å²) < 4.78 is 45.4. The molecule has 37 heavy (non-hydrogen) atoms. The summed E-state index contributed by atoms with van der Waals surface area (Å²) in [6, 6.07) is 14.8. The largest absolute Gasteiger partial charge is 0.492 e. The number of anilines is 1. The van der Waals surface area contributed by atoms with Crippen LogP contribution in [0.5, 0.6) is 5.75 Å². The highest BCUT2D eigenvalue weighted by atomic mass is 35.5. The van der Waals surface area contributed by atoms with E-state index >= 15 is 0 Å². The van der Waals surface area contributed by atoms with Crippen LogP contribution in [0.1, 0.15) is 26.4 Å². The fourth-order valence-corrected chi connectivity index (χ4v) is 3.92. The second kappa shape index (κ2) is 11.5. The summed E-state index contributed by atoms with van der Waals surface area (Å²) in [5.41, 5.74) is -1.18. The molecule has 0 radical (unpaired) electrons. The number of hydrogen-bond acceptors (Lipinski definition) is 6. The molecule has 2 aromatic carbocycles. The lowest BCUT2D eigenvalue weighted by molar-refractivity contribution is -0.138. The molecule has 8 nitrogen and oxygen atoms in total. The fraction of sp³-hybridized carbons (Fsp3) is 0.280. The first-order chi connectivity index (χ1) is 17.7. The number of aromatic nitrogens is 2. The van der Waals surface area contributed by atoms with Crippen LogP contribution in [0.15, 0.2) is 60.7 Å². The predicted molar refractivity (Wildman–Crippen MR) is 131 cm³/mol. The van der Waals surface area contributed by atoms with Crippen molar-refractivity contribution in [1.29, 1.82) is 0 Å². The van der Waals surface area contributed by atoms with Crippen LogP contribution in [0.3, 0.4) is 0 Å². The molecule has 1 aromatic heterocycles. The summed E-state index contributed by atoms with van der Waals surface area (Å²) in [5.74, 6) is 0.0720. The summed E-state index contributed by atoms with van der Waals surface area (Å²) >= 11 is 5.83. The first-order valence-electron chi connectivity index (χ1n) is 11.4. The van der Waals surface area contributed by atoms with Gasteiger partial charge in [-0.1, -0.05) is 23.7 Å². The molecule has 194 valence electrons. The molecule has 0 saturated carbocycles. The Morgan fingerprint density at radius 3 is 2.30 bits per heavy atom. The molecule has 1 aliphatic heterocycles. The highest BCUT2D eigenvalue weighted by Crippen LogP contribution is 2.32. The van der Waals surface area contributed by atoms with E-state index in [0.29, 0.717) is 29.7 Å². The summed E-state index contributed by atoms with van der Waals surface area (Å²) in [5, 5.41) is 11.4. The Labute approximate surface area is 216 Å². The summed E-state index contributed by atoms with van der Waals surface area (Å²) in [6.07, 6.45) is -4.61. The zero-order chi connectivity index (χ0) is 26.4. The molecule has 1 fully saturated rings. The fourth-order valence-electron chi connectivity index (χ4n) is 3.80. The molecule has 1 aliphatic rings. The minimum absolute atomic E-state index is 0.132. The molecule has 12 heteroatoms. The van der Waals surface area contributed by atoms with Crippen molar-refractivity contribution in [3.05, 3.63) is 82.5 Å². The number of halogens is 4. The Bertz CT molecular complexity index is 1230. The molecule has 1 saturated heterocycles. The van der Waals surface area contributed by atoms with Crippen molar-refractivity contribution < 1.29 is 27.5 Å². The number of rotatable bonds is 7. The van der Waals surface area contributed by atoms with Crippen molar-refractivity contribution in [1.82, 2.24) is 20.4 Å². The highest BCUT2D eigenvalue weighted by molar-refractivity contribution is 6.30. The van der Waals surface area contributed by atoms with Gasteiger partial charge in [-0.3, -0.25) is 9.59 Å². The van der Waals surface area contributed by atoms with E-state index < -0.39 is 23.6 Å². The third-order valence-electron chi connectivity index (χ3n) is 5.71. The van der Waals surface area contributed by atoms with Gasteiger partial charge in [-0.05, 0) is 48.5 Å². The van der Waals surface area contributed by atoms with E-state index in [-0.39, 0.29) is 37.5 Å². The number of alkyl halides is 3. The number of carbonyl (C=O) groups is 2. The normalized spacial score (nSPS) is 13.8. The molecule has 2 amide bonds. The van der Waals surface area contributed by atoms with Gasteiger partial charge in [0.15, 0.2) is 11.5 Å². The zero-order valence-corrected chi connectivity index (χ0v) is 20.3. The number of ether oxygens (including phenoxy) is 1. The molecule has 1 N–H and O–H groups in total. The third-order valence-corrected chi connectivity index (χ3v) is 5.96. The van der Waals surface area contributed by atoms with Gasteiger partial charge in [-0.2, -0.15) is 13.2 Å². The van der Waals surface area contributed by atoms with Crippen molar-refractivity contribution in [2.75, 3.05) is 44.2 Å².